The van der Waals surface area contributed by atoms with Gasteiger partial charge in [0, 0.05) is 6.08 Å². The van der Waals surface area contributed by atoms with Gasteiger partial charge in [0.05, 0.1) is 0 Å². The van der Waals surface area contributed by atoms with Gasteiger partial charge >= 0.3 is 5.97 Å². The van der Waals surface area contributed by atoms with E-state index in [1.54, 1.807) is 36.4 Å². The van der Waals surface area contributed by atoms with Crippen molar-refractivity contribution in [3.05, 3.63) is 89.9 Å². The lowest BCUT2D eigenvalue weighted by Crippen LogP contribution is -2.03. The number of hydrogen-bond acceptors (Lipinski definition) is 4. The molecule has 25 heavy (non-hydrogen) atoms. The topological polar surface area (TPSA) is 48.7 Å². The van der Waals surface area contributed by atoms with E-state index in [0.717, 1.165) is 11.3 Å². The van der Waals surface area contributed by atoms with Gasteiger partial charge in [-0.15, -0.1) is 0 Å². The Bertz CT molecular complexity index is 845. The summed E-state index contributed by atoms with van der Waals surface area (Å²) in [6.45, 7) is 2.34. The fraction of sp³-hybridized carbons (Fsp3) is 0.0952. The Balaban J connectivity index is 1.51. The number of carbonyl (C=O) groups excluding carboxylic acids is 1. The van der Waals surface area contributed by atoms with Gasteiger partial charge in [-0.2, -0.15) is 0 Å². The van der Waals surface area contributed by atoms with Crippen LogP contribution in [0.15, 0.2) is 77.2 Å². The Hall–Kier alpha value is -3.27. The molecule has 0 spiro atoms. The highest BCUT2D eigenvalue weighted by Gasteiger charge is 2.03. The van der Waals surface area contributed by atoms with Crippen LogP contribution in [-0.4, -0.2) is 5.97 Å². The average molecular weight is 334 g/mol. The van der Waals surface area contributed by atoms with E-state index < -0.39 is 5.97 Å². The minimum atomic E-state index is -0.466. The number of furan rings is 1. The van der Waals surface area contributed by atoms with Gasteiger partial charge in [-0.3, -0.25) is 0 Å². The Labute approximate surface area is 146 Å². The maximum atomic E-state index is 11.8. The Morgan fingerprint density at radius 2 is 1.68 bits per heavy atom. The van der Waals surface area contributed by atoms with Crippen molar-refractivity contribution in [1.82, 2.24) is 0 Å². The number of ether oxygens (including phenoxy) is 2. The van der Waals surface area contributed by atoms with E-state index in [9.17, 15) is 4.79 Å². The van der Waals surface area contributed by atoms with Crippen molar-refractivity contribution >= 4 is 12.0 Å². The van der Waals surface area contributed by atoms with Crippen LogP contribution in [0.1, 0.15) is 17.1 Å². The van der Waals surface area contributed by atoms with Crippen LogP contribution < -0.4 is 9.47 Å². The normalized spacial score (nSPS) is 10.8. The van der Waals surface area contributed by atoms with Gasteiger partial charge in [-0.25, -0.2) is 4.79 Å². The summed E-state index contributed by atoms with van der Waals surface area (Å²) in [6.07, 6.45) is 2.91. The molecule has 0 amide bonds. The average Bonchev–Trinajstić information content (AvgIpc) is 3.06. The maximum Gasteiger partial charge on any atom is 0.336 e. The predicted molar refractivity (Wildman–Crippen MR) is 95.3 cm³/mol. The van der Waals surface area contributed by atoms with Gasteiger partial charge in [-0.1, -0.05) is 30.3 Å². The number of hydrogen-bond donors (Lipinski definition) is 0. The summed E-state index contributed by atoms with van der Waals surface area (Å²) < 4.78 is 16.3. The highest BCUT2D eigenvalue weighted by atomic mass is 16.5. The first-order valence-electron chi connectivity index (χ1n) is 7.92. The van der Waals surface area contributed by atoms with Crippen molar-refractivity contribution in [2.45, 2.75) is 13.5 Å². The molecule has 0 aliphatic carbocycles. The molecule has 0 fully saturated rings. The lowest BCUT2D eigenvalue weighted by molar-refractivity contribution is -0.128. The third-order valence-corrected chi connectivity index (χ3v) is 3.44. The first-order valence-corrected chi connectivity index (χ1v) is 7.92. The Kier molecular flexibility index (Phi) is 5.32. The summed E-state index contributed by atoms with van der Waals surface area (Å²) in [5, 5.41) is 0. The molecule has 0 saturated carbocycles. The zero-order valence-corrected chi connectivity index (χ0v) is 13.8. The molecule has 2 aromatic carbocycles. The molecular weight excluding hydrogens is 316 g/mol. The fourth-order valence-electron chi connectivity index (χ4n) is 2.19. The first kappa shape index (κ1) is 16.6. The van der Waals surface area contributed by atoms with Crippen molar-refractivity contribution in [1.29, 1.82) is 0 Å². The van der Waals surface area contributed by atoms with Gasteiger partial charge in [-0.05, 0) is 55.0 Å². The molecule has 0 N–H and O–H groups in total. The van der Waals surface area contributed by atoms with E-state index >= 15 is 0 Å². The highest BCUT2D eigenvalue weighted by Crippen LogP contribution is 2.19. The van der Waals surface area contributed by atoms with E-state index in [1.807, 2.05) is 43.3 Å². The van der Waals surface area contributed by atoms with Crippen molar-refractivity contribution in [2.75, 3.05) is 0 Å². The second kappa shape index (κ2) is 8.02. The SMILES string of the molecule is Cc1ccc(/C=C/C(=O)Oc2ccc(OCc3ccccc3)cc2)o1. The first-order chi connectivity index (χ1) is 12.2. The highest BCUT2D eigenvalue weighted by molar-refractivity contribution is 5.88. The predicted octanol–water partition coefficient (Wildman–Crippen LogP) is 4.79. The summed E-state index contributed by atoms with van der Waals surface area (Å²) in [7, 11) is 0. The van der Waals surface area contributed by atoms with Crippen LogP contribution in [0.3, 0.4) is 0 Å². The van der Waals surface area contributed by atoms with Crippen molar-refractivity contribution in [2.24, 2.45) is 0 Å². The zero-order valence-electron chi connectivity index (χ0n) is 13.8. The third-order valence-electron chi connectivity index (χ3n) is 3.44. The summed E-state index contributed by atoms with van der Waals surface area (Å²) in [5.74, 6) is 2.10. The molecule has 0 unspecified atom stereocenters. The molecular formula is C21H18O4. The Morgan fingerprint density at radius 1 is 0.960 bits per heavy atom. The number of carbonyl (C=O) groups is 1. The molecule has 4 nitrogen and oxygen atoms in total. The van der Waals surface area contributed by atoms with Crippen LogP contribution in [0.2, 0.25) is 0 Å². The van der Waals surface area contributed by atoms with Gasteiger partial charge in [0.2, 0.25) is 0 Å². The summed E-state index contributed by atoms with van der Waals surface area (Å²) in [5.41, 5.74) is 1.09. The van der Waals surface area contributed by atoms with Crippen LogP contribution in [0, 0.1) is 6.92 Å². The minimum absolute atomic E-state index is 0.456. The van der Waals surface area contributed by atoms with Crippen LogP contribution in [0.4, 0.5) is 0 Å². The molecule has 0 bridgehead atoms. The van der Waals surface area contributed by atoms with Crippen molar-refractivity contribution < 1.29 is 18.7 Å². The second-order valence-corrected chi connectivity index (χ2v) is 5.45. The zero-order chi connectivity index (χ0) is 17.5. The Morgan fingerprint density at radius 3 is 2.36 bits per heavy atom. The largest absolute Gasteiger partial charge is 0.489 e. The monoisotopic (exact) mass is 334 g/mol. The maximum absolute atomic E-state index is 11.8. The van der Waals surface area contributed by atoms with Gasteiger partial charge in [0.1, 0.15) is 29.6 Å². The van der Waals surface area contributed by atoms with Crippen LogP contribution in [0.25, 0.3) is 6.08 Å². The lowest BCUT2D eigenvalue weighted by atomic mass is 10.2. The molecule has 0 aliphatic rings. The molecule has 3 aromatic rings. The van der Waals surface area contributed by atoms with Crippen LogP contribution in [-0.2, 0) is 11.4 Å². The number of esters is 1. The lowest BCUT2D eigenvalue weighted by Gasteiger charge is -2.07. The van der Waals surface area contributed by atoms with Gasteiger partial charge in [0.15, 0.2) is 0 Å². The van der Waals surface area contributed by atoms with E-state index in [1.165, 1.54) is 6.08 Å². The minimum Gasteiger partial charge on any atom is -0.489 e. The molecule has 0 saturated heterocycles. The number of benzene rings is 2. The van der Waals surface area contributed by atoms with E-state index in [4.69, 9.17) is 13.9 Å². The molecule has 4 heteroatoms. The molecule has 126 valence electrons. The summed E-state index contributed by atoms with van der Waals surface area (Å²) in [6, 6.07) is 20.5. The van der Waals surface area contributed by atoms with Gasteiger partial charge < -0.3 is 13.9 Å². The smallest absolute Gasteiger partial charge is 0.336 e. The number of aryl methyl sites for hydroxylation is 1. The van der Waals surface area contributed by atoms with Gasteiger partial charge in [0.25, 0.3) is 0 Å². The van der Waals surface area contributed by atoms with Crippen LogP contribution >= 0.6 is 0 Å². The quantitative estimate of drug-likeness (QED) is 0.369. The second-order valence-electron chi connectivity index (χ2n) is 5.45. The van der Waals surface area contributed by atoms with E-state index in [2.05, 4.69) is 0 Å². The standard InChI is InChI=1S/C21H18O4/c1-16-7-8-19(24-16)13-14-21(22)25-20-11-9-18(10-12-20)23-15-17-5-3-2-4-6-17/h2-14H,15H2,1H3/b14-13+. The van der Waals surface area contributed by atoms with Crippen molar-refractivity contribution in [3.63, 3.8) is 0 Å². The molecule has 0 radical (unpaired) electrons. The van der Waals surface area contributed by atoms with E-state index in [-0.39, 0.29) is 0 Å². The fourth-order valence-corrected chi connectivity index (χ4v) is 2.19. The summed E-state index contributed by atoms with van der Waals surface area (Å²) >= 11 is 0. The molecule has 1 aromatic heterocycles. The van der Waals surface area contributed by atoms with E-state index in [0.29, 0.717) is 23.9 Å². The molecule has 1 heterocycles. The summed E-state index contributed by atoms with van der Waals surface area (Å²) in [4.78, 5) is 11.8. The number of rotatable bonds is 6. The molecule has 3 rings (SSSR count). The molecule has 0 atom stereocenters. The van der Waals surface area contributed by atoms with Crippen molar-refractivity contribution in [3.8, 4) is 11.5 Å². The van der Waals surface area contributed by atoms with Crippen LogP contribution in [0.5, 0.6) is 11.5 Å². The third kappa shape index (κ3) is 5.11. The molecule has 0 aliphatic heterocycles.